The lowest BCUT2D eigenvalue weighted by Crippen LogP contribution is -2.54. The molecule has 3 aromatic heterocycles. The molecule has 0 amide bonds. The Morgan fingerprint density at radius 1 is 0.818 bits per heavy atom. The van der Waals surface area contributed by atoms with Gasteiger partial charge in [0.2, 0.25) is 11.9 Å². The minimum Gasteiger partial charge on any atom is -0.455 e. The highest BCUT2D eigenvalue weighted by Gasteiger charge is 2.44. The van der Waals surface area contributed by atoms with Crippen LogP contribution < -0.4 is 19.6 Å². The number of β-amino-alcohol motifs (C(OH)–C–C–N with tert-alkyl or cyclic N) is 1. The predicted molar refractivity (Wildman–Crippen MR) is 213 cm³/mol. The lowest BCUT2D eigenvalue weighted by Gasteiger charge is -2.39. The van der Waals surface area contributed by atoms with Gasteiger partial charge in [-0.1, -0.05) is 0 Å². The third-order valence-electron chi connectivity index (χ3n) is 11.1. The summed E-state index contributed by atoms with van der Waals surface area (Å²) < 4.78 is 41.7. The molecular formula is C36H51N9O7S3+2. The first-order valence-corrected chi connectivity index (χ1v) is 22.9. The van der Waals surface area contributed by atoms with Gasteiger partial charge in [0.1, 0.15) is 17.5 Å². The average molecular weight is 818 g/mol. The maximum Gasteiger partial charge on any atom is 0.341 e. The van der Waals surface area contributed by atoms with E-state index in [0.717, 1.165) is 117 Å². The number of aryl methyl sites for hydroxylation is 2. The van der Waals surface area contributed by atoms with E-state index < -0.39 is 22.4 Å². The maximum absolute atomic E-state index is 12.1. The molecule has 0 aliphatic carbocycles. The van der Waals surface area contributed by atoms with Crippen molar-refractivity contribution in [3.05, 3.63) is 28.5 Å². The molecule has 0 saturated carbocycles. The second kappa shape index (κ2) is 17.2. The quantitative estimate of drug-likeness (QED) is 0.200. The van der Waals surface area contributed by atoms with Crippen molar-refractivity contribution in [1.29, 1.82) is 0 Å². The minimum absolute atomic E-state index is 0.182. The molecule has 9 rings (SSSR count). The van der Waals surface area contributed by atoms with Gasteiger partial charge in [-0.2, -0.15) is 19.1 Å². The van der Waals surface area contributed by atoms with Crippen LogP contribution in [0.5, 0.6) is 0 Å². The zero-order valence-corrected chi connectivity index (χ0v) is 33.9. The molecule has 0 bridgehead atoms. The minimum atomic E-state index is -0.814. The van der Waals surface area contributed by atoms with Gasteiger partial charge < -0.3 is 38.9 Å². The molecule has 6 aliphatic heterocycles. The largest absolute Gasteiger partial charge is 0.455 e. The number of hydrogen-bond acceptors (Lipinski definition) is 17. The van der Waals surface area contributed by atoms with Gasteiger partial charge >= 0.3 is 5.97 Å². The molecule has 0 radical (unpaired) electrons. The third kappa shape index (κ3) is 8.21. The topological polar surface area (TPSA) is 183 Å². The molecule has 0 spiro atoms. The van der Waals surface area contributed by atoms with Crippen molar-refractivity contribution in [3.8, 4) is 0 Å². The van der Waals surface area contributed by atoms with Crippen LogP contribution in [0.2, 0.25) is 0 Å². The molecule has 55 heavy (non-hydrogen) atoms. The van der Waals surface area contributed by atoms with Crippen molar-refractivity contribution in [3.63, 3.8) is 0 Å². The van der Waals surface area contributed by atoms with Gasteiger partial charge in [0, 0.05) is 82.9 Å². The smallest absolute Gasteiger partial charge is 0.341 e. The van der Waals surface area contributed by atoms with E-state index in [1.165, 1.54) is 17.7 Å². The van der Waals surface area contributed by atoms with Crippen LogP contribution in [0.3, 0.4) is 0 Å². The molecule has 16 nitrogen and oxygen atoms in total. The lowest BCUT2D eigenvalue weighted by molar-refractivity contribution is 0.0231. The Bertz CT molecular complexity index is 1790. The fourth-order valence-electron chi connectivity index (χ4n) is 8.00. The first kappa shape index (κ1) is 38.8. The maximum atomic E-state index is 12.1. The molecule has 2 atom stereocenters. The van der Waals surface area contributed by atoms with Crippen molar-refractivity contribution in [1.82, 2.24) is 24.3 Å². The van der Waals surface area contributed by atoms with Crippen molar-refractivity contribution < 1.29 is 33.2 Å². The van der Waals surface area contributed by atoms with E-state index in [-0.39, 0.29) is 18.2 Å². The Hall–Kier alpha value is -3.04. The highest BCUT2D eigenvalue weighted by atomic mass is 32.2. The zero-order valence-electron chi connectivity index (χ0n) is 31.4. The lowest BCUT2D eigenvalue weighted by atomic mass is 10.1. The van der Waals surface area contributed by atoms with Crippen molar-refractivity contribution in [2.45, 2.75) is 86.5 Å². The van der Waals surface area contributed by atoms with Gasteiger partial charge in [-0.3, -0.25) is 0 Å². The molecule has 2 unspecified atom stereocenters. The van der Waals surface area contributed by atoms with Gasteiger partial charge in [0.05, 0.1) is 31.0 Å². The summed E-state index contributed by atoms with van der Waals surface area (Å²) in [6.07, 6.45) is 6.53. The first-order chi connectivity index (χ1) is 26.8. The summed E-state index contributed by atoms with van der Waals surface area (Å²) in [5.74, 6) is 4.22. The SMILES string of the molecule is CCN(c1nc(N2CC(O)C2)nc2c1[S+](O)CC2)C1CCOCC1.CCN(c1nc(N2CC(OC(=O)c3cnsc3)C2)nc2c1[S+](O)CC2)C1CCOCC1. The summed E-state index contributed by atoms with van der Waals surface area (Å²) in [6, 6.07) is 0.752. The van der Waals surface area contributed by atoms with Gasteiger partial charge in [-0.25, -0.2) is 19.1 Å². The molecule has 9 heterocycles. The van der Waals surface area contributed by atoms with Crippen molar-refractivity contribution >= 4 is 63.4 Å². The fraction of sp³-hybridized carbons (Fsp3) is 0.667. The normalized spacial score (nSPS) is 23.0. The third-order valence-corrected chi connectivity index (χ3v) is 14.6. The average Bonchev–Trinajstić information content (AvgIpc) is 3.94. The number of rotatable bonds is 10. The Kier molecular flexibility index (Phi) is 12.1. The number of hydrogen-bond donors (Lipinski definition) is 3. The van der Waals surface area contributed by atoms with Gasteiger partial charge in [-0.05, 0) is 51.1 Å². The Morgan fingerprint density at radius 3 is 1.75 bits per heavy atom. The molecule has 0 aromatic carbocycles. The summed E-state index contributed by atoms with van der Waals surface area (Å²) in [4.78, 5) is 41.9. The van der Waals surface area contributed by atoms with Gasteiger partial charge in [0.25, 0.3) is 9.79 Å². The molecule has 4 fully saturated rings. The van der Waals surface area contributed by atoms with Crippen LogP contribution in [-0.4, -0.2) is 146 Å². The van der Waals surface area contributed by atoms with E-state index in [1.807, 2.05) is 9.80 Å². The van der Waals surface area contributed by atoms with Crippen LogP contribution in [0.4, 0.5) is 23.5 Å². The van der Waals surface area contributed by atoms with Crippen molar-refractivity contribution in [2.75, 3.05) is 96.8 Å². The molecule has 3 N–H and O–H groups in total. The van der Waals surface area contributed by atoms with Crippen LogP contribution >= 0.6 is 11.5 Å². The highest BCUT2D eigenvalue weighted by molar-refractivity contribution is 7.92. The standard InChI is InChI=1S/C20H26N5O4S2.C16H25N4O3S/c1-2-25(14-3-6-28-7-4-14)18-17-16(5-8-31(17)27)22-20(23-18)24-10-15(11-24)29-19(26)13-9-21-30-12-13;1-2-20(11-3-6-23-7-4-11)15-14-13(5-8-24(14)22)17-16(18-15)19-9-12(21)10-19/h9,12,14-15,27H,2-8,10-11H2,1H3;11-12,21-22H,2-10H2,1H3/q2*+1. The number of ether oxygens (including phenoxy) is 3. The number of nitrogens with zero attached hydrogens (tertiary/aromatic N) is 9. The van der Waals surface area contributed by atoms with E-state index in [0.29, 0.717) is 61.5 Å². The van der Waals surface area contributed by atoms with Gasteiger partial charge in [0.15, 0.2) is 45.5 Å². The number of aliphatic hydroxyl groups is 1. The Morgan fingerprint density at radius 2 is 1.31 bits per heavy atom. The number of aromatic nitrogens is 5. The van der Waals surface area contributed by atoms with E-state index >= 15 is 0 Å². The van der Waals surface area contributed by atoms with Crippen LogP contribution in [0, 0.1) is 0 Å². The van der Waals surface area contributed by atoms with Crippen molar-refractivity contribution in [2.24, 2.45) is 0 Å². The fourth-order valence-corrected chi connectivity index (χ4v) is 11.3. The second-order valence-electron chi connectivity index (χ2n) is 14.5. The van der Waals surface area contributed by atoms with Crippen LogP contribution in [0.1, 0.15) is 61.3 Å². The Labute approximate surface area is 331 Å². The monoisotopic (exact) mass is 817 g/mol. The van der Waals surface area contributed by atoms with Crippen LogP contribution in [0.25, 0.3) is 0 Å². The number of esters is 1. The number of aliphatic hydroxyl groups excluding tert-OH is 1. The Balaban J connectivity index is 0.000000160. The van der Waals surface area contributed by atoms with E-state index in [4.69, 9.17) is 29.2 Å². The summed E-state index contributed by atoms with van der Waals surface area (Å²) >= 11 is -0.344. The van der Waals surface area contributed by atoms with E-state index in [1.54, 1.807) is 5.38 Å². The number of carbonyl (C=O) groups is 1. The zero-order chi connectivity index (χ0) is 38.1. The molecule has 6 aliphatic rings. The summed E-state index contributed by atoms with van der Waals surface area (Å²) in [6.45, 7) is 11.3. The van der Waals surface area contributed by atoms with Gasteiger partial charge in [-0.15, -0.1) is 0 Å². The van der Waals surface area contributed by atoms with E-state index in [2.05, 4.69) is 33.0 Å². The second-order valence-corrected chi connectivity index (χ2v) is 18.3. The number of carbonyl (C=O) groups excluding carboxylic acids is 1. The van der Waals surface area contributed by atoms with Crippen LogP contribution in [-0.2, 0) is 49.4 Å². The van der Waals surface area contributed by atoms with E-state index in [9.17, 15) is 19.0 Å². The predicted octanol–water partition coefficient (Wildman–Crippen LogP) is 2.66. The molecule has 3 aromatic rings. The number of fused-ring (bicyclic) bond motifs is 2. The molecule has 4 saturated heterocycles. The summed E-state index contributed by atoms with van der Waals surface area (Å²) in [7, 11) is 0. The molecule has 19 heteroatoms. The molecular weight excluding hydrogens is 767 g/mol. The molecule has 298 valence electrons. The van der Waals surface area contributed by atoms with Crippen LogP contribution in [0.15, 0.2) is 21.4 Å². The highest BCUT2D eigenvalue weighted by Crippen LogP contribution is 2.38. The summed E-state index contributed by atoms with van der Waals surface area (Å²) in [5.41, 5.74) is 2.42. The number of anilines is 4. The first-order valence-electron chi connectivity index (χ1n) is 19.4. The summed E-state index contributed by atoms with van der Waals surface area (Å²) in [5, 5.41) is 11.3.